The molecule has 174 valence electrons. The van der Waals surface area contributed by atoms with Crippen LogP contribution in [0.4, 0.5) is 0 Å². The van der Waals surface area contributed by atoms with Gasteiger partial charge in [-0.2, -0.15) is 0 Å². The monoisotopic (exact) mass is 469 g/mol. The second kappa shape index (κ2) is 10.3. The standard InChI is InChI=1S/C24H27N3O5S/c1-16(13-30-3)27-23(29)18-8-4-5-9-19(18)25-24(27)33-15-22(28)26(2)12-17-14-31-20-10-6-7-11-21(20)32-17/h4-11,16-17H,12-15H2,1-3H3/t16-,17-/m0/s1. The third-order valence-corrected chi connectivity index (χ3v) is 6.36. The highest BCUT2D eigenvalue weighted by Gasteiger charge is 2.24. The quantitative estimate of drug-likeness (QED) is 0.370. The van der Waals surface area contributed by atoms with Crippen molar-refractivity contribution in [2.24, 2.45) is 0 Å². The summed E-state index contributed by atoms with van der Waals surface area (Å²) in [6.45, 7) is 3.04. The summed E-state index contributed by atoms with van der Waals surface area (Å²) < 4.78 is 18.6. The molecule has 0 fully saturated rings. The van der Waals surface area contributed by atoms with Crippen molar-refractivity contribution < 1.29 is 19.0 Å². The zero-order valence-corrected chi connectivity index (χ0v) is 19.7. The first-order valence-electron chi connectivity index (χ1n) is 10.7. The zero-order chi connectivity index (χ0) is 23.4. The van der Waals surface area contributed by atoms with E-state index in [1.807, 2.05) is 43.3 Å². The van der Waals surface area contributed by atoms with E-state index in [9.17, 15) is 9.59 Å². The number of nitrogens with zero attached hydrogens (tertiary/aromatic N) is 3. The molecule has 1 amide bonds. The van der Waals surface area contributed by atoms with Crippen LogP contribution in [0.2, 0.25) is 0 Å². The Morgan fingerprint density at radius 3 is 2.76 bits per heavy atom. The van der Waals surface area contributed by atoms with Crippen molar-refractivity contribution in [3.63, 3.8) is 0 Å². The van der Waals surface area contributed by atoms with E-state index in [1.54, 1.807) is 35.8 Å². The number of rotatable bonds is 8. The normalized spacial score (nSPS) is 15.9. The molecule has 2 atom stereocenters. The highest BCUT2D eigenvalue weighted by Crippen LogP contribution is 2.31. The molecule has 0 radical (unpaired) electrons. The minimum absolute atomic E-state index is 0.0872. The number of hydrogen-bond acceptors (Lipinski definition) is 7. The Hall–Kier alpha value is -3.04. The van der Waals surface area contributed by atoms with Crippen LogP contribution in [0.3, 0.4) is 0 Å². The van der Waals surface area contributed by atoms with Gasteiger partial charge in [0.15, 0.2) is 22.8 Å². The van der Waals surface area contributed by atoms with Crippen molar-refractivity contribution in [1.82, 2.24) is 14.5 Å². The SMILES string of the molecule is COC[C@H](C)n1c(SCC(=O)N(C)C[C@H]2COc3ccccc3O2)nc2ccccc2c1=O. The molecule has 0 bridgehead atoms. The van der Waals surface area contributed by atoms with Crippen LogP contribution in [0.25, 0.3) is 10.9 Å². The molecule has 4 rings (SSSR count). The molecular weight excluding hydrogens is 442 g/mol. The molecule has 33 heavy (non-hydrogen) atoms. The van der Waals surface area contributed by atoms with Gasteiger partial charge >= 0.3 is 0 Å². The average Bonchev–Trinajstić information content (AvgIpc) is 2.82. The van der Waals surface area contributed by atoms with Gasteiger partial charge in [-0.3, -0.25) is 14.2 Å². The van der Waals surface area contributed by atoms with E-state index in [-0.39, 0.29) is 29.4 Å². The lowest BCUT2D eigenvalue weighted by atomic mass is 10.2. The topological polar surface area (TPSA) is 82.9 Å². The van der Waals surface area contributed by atoms with Crippen molar-refractivity contribution in [3.8, 4) is 11.5 Å². The highest BCUT2D eigenvalue weighted by molar-refractivity contribution is 7.99. The van der Waals surface area contributed by atoms with E-state index in [1.165, 1.54) is 11.8 Å². The van der Waals surface area contributed by atoms with Gasteiger partial charge in [0.2, 0.25) is 5.91 Å². The first kappa shape index (κ1) is 23.1. The van der Waals surface area contributed by atoms with Gasteiger partial charge in [-0.25, -0.2) is 4.98 Å². The van der Waals surface area contributed by atoms with E-state index < -0.39 is 0 Å². The number of amides is 1. The van der Waals surface area contributed by atoms with E-state index in [2.05, 4.69) is 4.98 Å². The number of carbonyl (C=O) groups excluding carboxylic acids is 1. The zero-order valence-electron chi connectivity index (χ0n) is 18.9. The molecule has 2 aromatic carbocycles. The van der Waals surface area contributed by atoms with Crippen LogP contribution in [-0.2, 0) is 9.53 Å². The molecule has 0 N–H and O–H groups in total. The first-order valence-corrected chi connectivity index (χ1v) is 11.7. The molecule has 0 aliphatic carbocycles. The van der Waals surface area contributed by atoms with Gasteiger partial charge in [-0.15, -0.1) is 0 Å². The molecule has 2 heterocycles. The third-order valence-electron chi connectivity index (χ3n) is 5.42. The molecule has 1 aliphatic heterocycles. The van der Waals surface area contributed by atoms with Gasteiger partial charge in [-0.1, -0.05) is 36.0 Å². The number of para-hydroxylation sites is 3. The molecule has 0 unspecified atom stereocenters. The fourth-order valence-electron chi connectivity index (χ4n) is 3.73. The van der Waals surface area contributed by atoms with Crippen molar-refractivity contribution in [3.05, 3.63) is 58.9 Å². The molecule has 3 aromatic rings. The molecule has 1 aliphatic rings. The second-order valence-electron chi connectivity index (χ2n) is 7.95. The minimum Gasteiger partial charge on any atom is -0.486 e. The molecule has 9 heteroatoms. The number of carbonyl (C=O) groups is 1. The summed E-state index contributed by atoms with van der Waals surface area (Å²) in [6.07, 6.45) is -0.252. The highest BCUT2D eigenvalue weighted by atomic mass is 32.2. The van der Waals surface area contributed by atoms with Crippen LogP contribution in [0, 0.1) is 0 Å². The number of benzene rings is 2. The van der Waals surface area contributed by atoms with Gasteiger partial charge in [0.1, 0.15) is 6.61 Å². The minimum atomic E-state index is -0.252. The predicted molar refractivity (Wildman–Crippen MR) is 127 cm³/mol. The summed E-state index contributed by atoms with van der Waals surface area (Å²) in [6, 6.07) is 14.5. The van der Waals surface area contributed by atoms with Gasteiger partial charge in [0.25, 0.3) is 5.56 Å². The number of ether oxygens (including phenoxy) is 3. The first-order chi connectivity index (χ1) is 16.0. The Bertz CT molecular complexity index is 1200. The average molecular weight is 470 g/mol. The Labute approximate surface area is 196 Å². The summed E-state index contributed by atoms with van der Waals surface area (Å²) in [4.78, 5) is 32.3. The summed E-state index contributed by atoms with van der Waals surface area (Å²) in [7, 11) is 3.33. The number of likely N-dealkylation sites (N-methyl/N-ethyl adjacent to an activating group) is 1. The van der Waals surface area contributed by atoms with Crippen LogP contribution >= 0.6 is 11.8 Å². The van der Waals surface area contributed by atoms with Crippen molar-refractivity contribution in [2.45, 2.75) is 24.2 Å². The van der Waals surface area contributed by atoms with E-state index in [4.69, 9.17) is 14.2 Å². The number of thioether (sulfide) groups is 1. The molecule has 0 saturated heterocycles. The summed E-state index contributed by atoms with van der Waals surface area (Å²) in [5.74, 6) is 1.45. The van der Waals surface area contributed by atoms with Gasteiger partial charge in [0, 0.05) is 14.2 Å². The van der Waals surface area contributed by atoms with Gasteiger partial charge in [0.05, 0.1) is 35.8 Å². The van der Waals surface area contributed by atoms with Crippen LogP contribution in [0.1, 0.15) is 13.0 Å². The van der Waals surface area contributed by atoms with E-state index in [0.717, 1.165) is 0 Å². The van der Waals surface area contributed by atoms with Crippen LogP contribution < -0.4 is 15.0 Å². The predicted octanol–water partition coefficient (Wildman–Crippen LogP) is 2.99. The van der Waals surface area contributed by atoms with Gasteiger partial charge < -0.3 is 19.1 Å². The largest absolute Gasteiger partial charge is 0.486 e. The molecule has 1 aromatic heterocycles. The number of hydrogen-bond donors (Lipinski definition) is 0. The smallest absolute Gasteiger partial charge is 0.262 e. The fourth-order valence-corrected chi connectivity index (χ4v) is 4.77. The molecular formula is C24H27N3O5S. The maximum absolute atomic E-state index is 13.1. The summed E-state index contributed by atoms with van der Waals surface area (Å²) in [5.41, 5.74) is 0.470. The van der Waals surface area contributed by atoms with Crippen molar-refractivity contribution in [2.75, 3.05) is 39.7 Å². The van der Waals surface area contributed by atoms with Crippen LogP contribution in [0.5, 0.6) is 11.5 Å². The molecule has 0 saturated carbocycles. The Balaban J connectivity index is 1.45. The van der Waals surface area contributed by atoms with Crippen LogP contribution in [0.15, 0.2) is 58.5 Å². The van der Waals surface area contributed by atoms with Crippen molar-refractivity contribution >= 4 is 28.6 Å². The maximum atomic E-state index is 13.1. The fraction of sp³-hybridized carbons (Fsp3) is 0.375. The van der Waals surface area contributed by atoms with Crippen molar-refractivity contribution in [1.29, 1.82) is 0 Å². The number of aromatic nitrogens is 2. The number of methoxy groups -OCH3 is 1. The van der Waals surface area contributed by atoms with Gasteiger partial charge in [-0.05, 0) is 31.2 Å². The summed E-state index contributed by atoms with van der Waals surface area (Å²) in [5, 5.41) is 1.04. The van der Waals surface area contributed by atoms with E-state index >= 15 is 0 Å². The Kier molecular flexibility index (Phi) is 7.20. The summed E-state index contributed by atoms with van der Waals surface area (Å²) >= 11 is 1.25. The molecule has 0 spiro atoms. The Morgan fingerprint density at radius 2 is 1.97 bits per heavy atom. The molecule has 8 nitrogen and oxygen atoms in total. The van der Waals surface area contributed by atoms with Crippen LogP contribution in [-0.4, -0.2) is 66.1 Å². The lowest BCUT2D eigenvalue weighted by Crippen LogP contribution is -2.42. The lowest BCUT2D eigenvalue weighted by Gasteiger charge is -2.29. The van der Waals surface area contributed by atoms with E-state index in [0.29, 0.717) is 47.3 Å². The lowest BCUT2D eigenvalue weighted by molar-refractivity contribution is -0.128. The maximum Gasteiger partial charge on any atom is 0.262 e. The Morgan fingerprint density at radius 1 is 1.24 bits per heavy atom. The number of fused-ring (bicyclic) bond motifs is 2. The second-order valence-corrected chi connectivity index (χ2v) is 8.89. The third kappa shape index (κ3) is 5.15.